The fourth-order valence-corrected chi connectivity index (χ4v) is 2.61. The predicted molar refractivity (Wildman–Crippen MR) is 65.4 cm³/mol. The molecule has 0 fully saturated rings. The number of hydrogen-bond acceptors (Lipinski definition) is 4. The van der Waals surface area contributed by atoms with Gasteiger partial charge >= 0.3 is 0 Å². The lowest BCUT2D eigenvalue weighted by Crippen LogP contribution is -1.95. The second-order valence-corrected chi connectivity index (χ2v) is 4.37. The largest absolute Gasteiger partial charge is 0.383 e. The van der Waals surface area contributed by atoms with Gasteiger partial charge in [-0.1, -0.05) is 6.07 Å². The highest BCUT2D eigenvalue weighted by Gasteiger charge is 2.12. The van der Waals surface area contributed by atoms with Crippen molar-refractivity contribution in [1.29, 1.82) is 0 Å². The van der Waals surface area contributed by atoms with E-state index in [1.165, 1.54) is 0 Å². The van der Waals surface area contributed by atoms with Crippen LogP contribution < -0.4 is 5.73 Å². The summed E-state index contributed by atoms with van der Waals surface area (Å²) in [4.78, 5) is 9.62. The average Bonchev–Trinajstić information content (AvgIpc) is 2.83. The van der Waals surface area contributed by atoms with Crippen LogP contribution in [0.25, 0.3) is 16.3 Å². The molecule has 3 heterocycles. The number of nitrogens with two attached hydrogens (primary N) is 1. The summed E-state index contributed by atoms with van der Waals surface area (Å²) in [6.07, 6.45) is 1.78. The van der Waals surface area contributed by atoms with E-state index in [0.717, 1.165) is 22.0 Å². The molecule has 3 aromatic heterocycles. The SMILES string of the molecule is Cc1nc2scc(-c3ccccn3)n2c1N. The molecule has 0 aliphatic carbocycles. The first-order valence-electron chi connectivity index (χ1n) is 4.91. The molecule has 5 heteroatoms. The van der Waals surface area contributed by atoms with Crippen LogP contribution in [0.15, 0.2) is 29.8 Å². The maximum atomic E-state index is 6.00. The molecule has 0 aliphatic rings. The number of aromatic nitrogens is 3. The number of nitrogens with zero attached hydrogens (tertiary/aromatic N) is 3. The van der Waals surface area contributed by atoms with E-state index < -0.39 is 0 Å². The molecule has 3 rings (SSSR count). The molecule has 16 heavy (non-hydrogen) atoms. The minimum absolute atomic E-state index is 0.692. The van der Waals surface area contributed by atoms with Gasteiger partial charge in [0, 0.05) is 11.6 Å². The smallest absolute Gasteiger partial charge is 0.196 e. The number of anilines is 1. The molecule has 0 saturated heterocycles. The van der Waals surface area contributed by atoms with Crippen LogP contribution >= 0.6 is 11.3 Å². The standard InChI is InChI=1S/C11H10N4S/c1-7-10(12)15-9(6-16-11(15)14-7)8-4-2-3-5-13-8/h2-6H,12H2,1H3. The Hall–Kier alpha value is -1.88. The van der Waals surface area contributed by atoms with Gasteiger partial charge in [-0.25, -0.2) is 4.98 Å². The Morgan fingerprint density at radius 3 is 3.00 bits per heavy atom. The Kier molecular flexibility index (Phi) is 1.94. The molecular formula is C11H10N4S. The molecule has 0 saturated carbocycles. The number of hydrogen-bond donors (Lipinski definition) is 1. The van der Waals surface area contributed by atoms with Crippen molar-refractivity contribution in [2.24, 2.45) is 0 Å². The maximum Gasteiger partial charge on any atom is 0.196 e. The Bertz CT molecular complexity index is 639. The summed E-state index contributed by atoms with van der Waals surface area (Å²) < 4.78 is 1.95. The number of aryl methyl sites for hydroxylation is 1. The van der Waals surface area contributed by atoms with E-state index >= 15 is 0 Å². The Labute approximate surface area is 96.4 Å². The van der Waals surface area contributed by atoms with Gasteiger partial charge in [0.25, 0.3) is 0 Å². The van der Waals surface area contributed by atoms with E-state index in [9.17, 15) is 0 Å². The number of nitrogen functional groups attached to an aromatic ring is 1. The molecule has 0 bridgehead atoms. The van der Waals surface area contributed by atoms with Gasteiger partial charge in [0.1, 0.15) is 5.82 Å². The molecule has 0 radical (unpaired) electrons. The molecule has 0 aliphatic heterocycles. The number of imidazole rings is 1. The minimum Gasteiger partial charge on any atom is -0.383 e. The van der Waals surface area contributed by atoms with Crippen molar-refractivity contribution >= 4 is 22.1 Å². The van der Waals surface area contributed by atoms with Gasteiger partial charge in [-0.15, -0.1) is 11.3 Å². The fraction of sp³-hybridized carbons (Fsp3) is 0.0909. The van der Waals surface area contributed by atoms with Crippen molar-refractivity contribution in [2.75, 3.05) is 5.73 Å². The summed E-state index contributed by atoms with van der Waals surface area (Å²) in [6, 6.07) is 5.83. The summed E-state index contributed by atoms with van der Waals surface area (Å²) in [5.74, 6) is 0.692. The van der Waals surface area contributed by atoms with Crippen LogP contribution in [0.2, 0.25) is 0 Å². The van der Waals surface area contributed by atoms with Crippen LogP contribution in [0.4, 0.5) is 5.82 Å². The van der Waals surface area contributed by atoms with E-state index in [4.69, 9.17) is 5.73 Å². The van der Waals surface area contributed by atoms with E-state index in [1.54, 1.807) is 17.5 Å². The Morgan fingerprint density at radius 2 is 2.25 bits per heavy atom. The molecule has 3 aromatic rings. The second-order valence-electron chi connectivity index (χ2n) is 3.54. The van der Waals surface area contributed by atoms with Crippen molar-refractivity contribution in [3.8, 4) is 11.4 Å². The van der Waals surface area contributed by atoms with Crippen LogP contribution in [-0.2, 0) is 0 Å². The summed E-state index contributed by atoms with van der Waals surface area (Å²) in [5, 5.41) is 2.03. The van der Waals surface area contributed by atoms with Crippen LogP contribution in [0, 0.1) is 6.92 Å². The average molecular weight is 230 g/mol. The molecule has 2 N–H and O–H groups in total. The van der Waals surface area contributed by atoms with Crippen molar-refractivity contribution in [2.45, 2.75) is 6.92 Å². The number of thiazole rings is 1. The quantitative estimate of drug-likeness (QED) is 0.698. The fourth-order valence-electron chi connectivity index (χ4n) is 1.68. The Balaban J connectivity index is 2.32. The topological polar surface area (TPSA) is 56.2 Å². The maximum absolute atomic E-state index is 6.00. The van der Waals surface area contributed by atoms with E-state index in [0.29, 0.717) is 5.82 Å². The molecular weight excluding hydrogens is 220 g/mol. The highest BCUT2D eigenvalue weighted by atomic mass is 32.1. The molecule has 0 amide bonds. The third kappa shape index (κ3) is 1.22. The number of fused-ring (bicyclic) bond motifs is 1. The van der Waals surface area contributed by atoms with Gasteiger partial charge in [-0.05, 0) is 19.1 Å². The van der Waals surface area contributed by atoms with Gasteiger partial charge in [0.2, 0.25) is 0 Å². The Morgan fingerprint density at radius 1 is 1.38 bits per heavy atom. The van der Waals surface area contributed by atoms with E-state index in [-0.39, 0.29) is 0 Å². The van der Waals surface area contributed by atoms with Gasteiger partial charge in [-0.2, -0.15) is 0 Å². The molecule has 80 valence electrons. The van der Waals surface area contributed by atoms with Crippen LogP contribution in [0.3, 0.4) is 0 Å². The molecule has 4 nitrogen and oxygen atoms in total. The normalized spacial score (nSPS) is 11.1. The molecule has 0 aromatic carbocycles. The first kappa shape index (κ1) is 9.35. The zero-order chi connectivity index (χ0) is 11.1. The summed E-state index contributed by atoms with van der Waals surface area (Å²) in [6.45, 7) is 1.91. The number of pyridine rings is 1. The van der Waals surface area contributed by atoms with Crippen LogP contribution in [0.1, 0.15) is 5.69 Å². The lowest BCUT2D eigenvalue weighted by Gasteiger charge is -1.99. The minimum atomic E-state index is 0.692. The predicted octanol–water partition coefficient (Wildman–Crippen LogP) is 2.35. The van der Waals surface area contributed by atoms with Crippen molar-refractivity contribution in [1.82, 2.24) is 14.4 Å². The highest BCUT2D eigenvalue weighted by molar-refractivity contribution is 7.15. The van der Waals surface area contributed by atoms with Crippen molar-refractivity contribution in [3.63, 3.8) is 0 Å². The van der Waals surface area contributed by atoms with Gasteiger partial charge in [0.15, 0.2) is 4.96 Å². The monoisotopic (exact) mass is 230 g/mol. The zero-order valence-electron chi connectivity index (χ0n) is 8.71. The summed E-state index contributed by atoms with van der Waals surface area (Å²) in [5.41, 5.74) is 8.78. The first-order chi connectivity index (χ1) is 7.77. The van der Waals surface area contributed by atoms with E-state index in [2.05, 4.69) is 9.97 Å². The van der Waals surface area contributed by atoms with Crippen molar-refractivity contribution < 1.29 is 0 Å². The highest BCUT2D eigenvalue weighted by Crippen LogP contribution is 2.28. The molecule has 0 atom stereocenters. The third-order valence-corrected chi connectivity index (χ3v) is 3.34. The van der Waals surface area contributed by atoms with Gasteiger partial charge in [-0.3, -0.25) is 9.38 Å². The summed E-state index contributed by atoms with van der Waals surface area (Å²) in [7, 11) is 0. The first-order valence-corrected chi connectivity index (χ1v) is 5.79. The summed E-state index contributed by atoms with van der Waals surface area (Å²) >= 11 is 1.58. The number of rotatable bonds is 1. The van der Waals surface area contributed by atoms with E-state index in [1.807, 2.05) is 34.9 Å². The van der Waals surface area contributed by atoms with Gasteiger partial charge in [0.05, 0.1) is 17.1 Å². The van der Waals surface area contributed by atoms with Gasteiger partial charge < -0.3 is 5.73 Å². The third-order valence-electron chi connectivity index (χ3n) is 2.51. The molecule has 0 unspecified atom stereocenters. The van der Waals surface area contributed by atoms with Crippen molar-refractivity contribution in [3.05, 3.63) is 35.5 Å². The zero-order valence-corrected chi connectivity index (χ0v) is 9.53. The van der Waals surface area contributed by atoms with Crippen LogP contribution in [-0.4, -0.2) is 14.4 Å². The van der Waals surface area contributed by atoms with Crippen LogP contribution in [0.5, 0.6) is 0 Å². The second kappa shape index (κ2) is 3.31. The lowest BCUT2D eigenvalue weighted by molar-refractivity contribution is 1.20. The molecule has 0 spiro atoms. The lowest BCUT2D eigenvalue weighted by atomic mass is 10.3.